The largest absolute Gasteiger partial charge is 0.401 e. The molecule has 0 bridgehead atoms. The molecular weight excluding hydrogens is 462 g/mol. The van der Waals surface area contributed by atoms with Crippen LogP contribution in [-0.2, 0) is 4.79 Å². The molecule has 154 valence electrons. The molecular formula is C16H31F3IN5O. The molecule has 0 aromatic carbocycles. The Kier molecular flexibility index (Phi) is 12.2. The highest BCUT2D eigenvalue weighted by molar-refractivity contribution is 14.0. The average molecular weight is 493 g/mol. The maximum atomic E-state index is 12.4. The molecule has 1 saturated heterocycles. The first-order valence-electron chi connectivity index (χ1n) is 8.72. The van der Waals surface area contributed by atoms with Gasteiger partial charge in [0.1, 0.15) is 6.54 Å². The number of hydrogen-bond acceptors (Lipinski definition) is 3. The highest BCUT2D eigenvalue weighted by Gasteiger charge is 2.32. The van der Waals surface area contributed by atoms with Gasteiger partial charge in [-0.1, -0.05) is 0 Å². The maximum Gasteiger partial charge on any atom is 0.401 e. The second-order valence-corrected chi connectivity index (χ2v) is 6.53. The van der Waals surface area contributed by atoms with E-state index < -0.39 is 12.7 Å². The summed E-state index contributed by atoms with van der Waals surface area (Å²) in [7, 11) is 3.37. The number of hydrogen-bond donors (Lipinski definition) is 2. The van der Waals surface area contributed by atoms with E-state index in [0.717, 1.165) is 19.3 Å². The molecule has 1 fully saturated rings. The first-order valence-corrected chi connectivity index (χ1v) is 8.72. The van der Waals surface area contributed by atoms with Crippen LogP contribution >= 0.6 is 24.0 Å². The summed E-state index contributed by atoms with van der Waals surface area (Å²) in [6, 6.07) is 0. The first-order chi connectivity index (χ1) is 11.7. The number of aliphatic imine (C=N–C) groups is 1. The monoisotopic (exact) mass is 493 g/mol. The third-order valence-corrected chi connectivity index (χ3v) is 4.17. The minimum absolute atomic E-state index is 0. The van der Waals surface area contributed by atoms with Crippen LogP contribution in [0.3, 0.4) is 0 Å². The summed E-state index contributed by atoms with van der Waals surface area (Å²) < 4.78 is 37.1. The number of carbonyl (C=O) groups is 1. The summed E-state index contributed by atoms with van der Waals surface area (Å²) in [4.78, 5) is 18.8. The van der Waals surface area contributed by atoms with Gasteiger partial charge in [-0.25, -0.2) is 4.99 Å². The van der Waals surface area contributed by atoms with Crippen molar-refractivity contribution in [3.05, 3.63) is 0 Å². The van der Waals surface area contributed by atoms with Crippen LogP contribution in [0.4, 0.5) is 13.2 Å². The van der Waals surface area contributed by atoms with Gasteiger partial charge in [-0.3, -0.25) is 9.69 Å². The molecule has 10 heteroatoms. The normalized spacial score (nSPS) is 16.8. The van der Waals surface area contributed by atoms with Crippen LogP contribution in [0.25, 0.3) is 0 Å². The Morgan fingerprint density at radius 2 is 1.85 bits per heavy atom. The predicted octanol–water partition coefficient (Wildman–Crippen LogP) is 1.91. The van der Waals surface area contributed by atoms with Crippen molar-refractivity contribution in [2.45, 2.75) is 32.4 Å². The molecule has 0 saturated carbocycles. The van der Waals surface area contributed by atoms with Gasteiger partial charge >= 0.3 is 6.18 Å². The van der Waals surface area contributed by atoms with E-state index in [4.69, 9.17) is 0 Å². The van der Waals surface area contributed by atoms with E-state index >= 15 is 0 Å². The van der Waals surface area contributed by atoms with Gasteiger partial charge in [-0.05, 0) is 45.2 Å². The Bertz CT molecular complexity index is 438. The van der Waals surface area contributed by atoms with Crippen LogP contribution in [-0.4, -0.2) is 81.2 Å². The van der Waals surface area contributed by atoms with Crippen molar-refractivity contribution in [2.24, 2.45) is 10.9 Å². The van der Waals surface area contributed by atoms with Crippen molar-refractivity contribution >= 4 is 35.8 Å². The molecule has 0 unspecified atom stereocenters. The van der Waals surface area contributed by atoms with E-state index in [2.05, 4.69) is 15.6 Å². The second kappa shape index (κ2) is 12.6. The molecule has 1 aliphatic heterocycles. The smallest absolute Gasteiger partial charge is 0.357 e. The van der Waals surface area contributed by atoms with Crippen molar-refractivity contribution in [1.82, 2.24) is 20.4 Å². The molecule has 1 rings (SSSR count). The number of halogens is 4. The van der Waals surface area contributed by atoms with Crippen molar-refractivity contribution in [3.63, 3.8) is 0 Å². The number of likely N-dealkylation sites (tertiary alicyclic amines) is 1. The topological polar surface area (TPSA) is 60.0 Å². The third kappa shape index (κ3) is 11.0. The minimum Gasteiger partial charge on any atom is -0.357 e. The quantitative estimate of drug-likeness (QED) is 0.323. The number of alkyl halides is 3. The van der Waals surface area contributed by atoms with Gasteiger partial charge in [-0.2, -0.15) is 13.2 Å². The van der Waals surface area contributed by atoms with Gasteiger partial charge in [0, 0.05) is 27.2 Å². The fourth-order valence-corrected chi connectivity index (χ4v) is 2.71. The number of amides is 1. The Morgan fingerprint density at radius 3 is 2.35 bits per heavy atom. The fraction of sp³-hybridized carbons (Fsp3) is 0.875. The van der Waals surface area contributed by atoms with Crippen molar-refractivity contribution in [1.29, 1.82) is 0 Å². The lowest BCUT2D eigenvalue weighted by molar-refractivity contribution is -0.148. The number of rotatable bonds is 7. The summed E-state index contributed by atoms with van der Waals surface area (Å²) in [5, 5.41) is 6.27. The molecule has 6 nitrogen and oxygen atoms in total. The maximum absolute atomic E-state index is 12.4. The first kappa shape index (κ1) is 25.2. The standard InChI is InChI=1S/C16H30F3N5O.HI/c1-4-20-15(22-11-14(25)23(2)3)21-8-5-13-6-9-24(10-7-13)12-16(17,18)19;/h13H,4-12H2,1-3H3,(H2,20,21,22);1H. The second-order valence-electron chi connectivity index (χ2n) is 6.53. The van der Waals surface area contributed by atoms with Gasteiger partial charge in [0.25, 0.3) is 0 Å². The Labute approximate surface area is 171 Å². The van der Waals surface area contributed by atoms with E-state index in [1.165, 1.54) is 9.80 Å². The molecule has 0 aromatic heterocycles. The number of piperidine rings is 1. The van der Waals surface area contributed by atoms with E-state index in [0.29, 0.717) is 38.1 Å². The predicted molar refractivity (Wildman–Crippen MR) is 108 cm³/mol. The molecule has 2 N–H and O–H groups in total. The lowest BCUT2D eigenvalue weighted by Crippen LogP contribution is -2.42. The fourth-order valence-electron chi connectivity index (χ4n) is 2.71. The summed E-state index contributed by atoms with van der Waals surface area (Å²) >= 11 is 0. The molecule has 0 aromatic rings. The molecule has 0 spiro atoms. The zero-order valence-corrected chi connectivity index (χ0v) is 18.1. The summed E-state index contributed by atoms with van der Waals surface area (Å²) in [6.45, 7) is 3.59. The molecule has 0 aliphatic carbocycles. The van der Waals surface area contributed by atoms with E-state index in [9.17, 15) is 18.0 Å². The number of nitrogens with zero attached hydrogens (tertiary/aromatic N) is 3. The lowest BCUT2D eigenvalue weighted by Gasteiger charge is -2.32. The highest BCUT2D eigenvalue weighted by Crippen LogP contribution is 2.23. The summed E-state index contributed by atoms with van der Waals surface area (Å²) in [6.07, 6.45) is -1.67. The third-order valence-electron chi connectivity index (χ3n) is 4.17. The number of guanidine groups is 1. The zero-order valence-electron chi connectivity index (χ0n) is 15.7. The number of likely N-dealkylation sites (N-methyl/N-ethyl adjacent to an activating group) is 1. The van der Waals surface area contributed by atoms with Crippen molar-refractivity contribution in [3.8, 4) is 0 Å². The summed E-state index contributed by atoms with van der Waals surface area (Å²) in [5.74, 6) is 0.935. The van der Waals surface area contributed by atoms with Crippen LogP contribution < -0.4 is 10.6 Å². The van der Waals surface area contributed by atoms with Crippen LogP contribution in [0.1, 0.15) is 26.2 Å². The van der Waals surface area contributed by atoms with Gasteiger partial charge in [0.2, 0.25) is 5.91 Å². The Balaban J connectivity index is 0.00000625. The molecule has 0 radical (unpaired) electrons. The lowest BCUT2D eigenvalue weighted by atomic mass is 9.93. The molecule has 26 heavy (non-hydrogen) atoms. The number of carbonyl (C=O) groups excluding carboxylic acids is 1. The SMILES string of the molecule is CCNC(=NCC(=O)N(C)C)NCCC1CCN(CC(F)(F)F)CC1.I. The highest BCUT2D eigenvalue weighted by atomic mass is 127. The van der Waals surface area contributed by atoms with E-state index in [1.807, 2.05) is 6.92 Å². The van der Waals surface area contributed by atoms with E-state index in [1.54, 1.807) is 14.1 Å². The Morgan fingerprint density at radius 1 is 1.23 bits per heavy atom. The minimum atomic E-state index is -4.12. The van der Waals surface area contributed by atoms with E-state index in [-0.39, 0.29) is 36.4 Å². The molecule has 1 amide bonds. The van der Waals surface area contributed by atoms with Gasteiger partial charge in [-0.15, -0.1) is 24.0 Å². The van der Waals surface area contributed by atoms with Crippen LogP contribution in [0.2, 0.25) is 0 Å². The van der Waals surface area contributed by atoms with Crippen molar-refractivity contribution in [2.75, 3.05) is 53.4 Å². The molecule has 0 atom stereocenters. The molecule has 1 heterocycles. The van der Waals surface area contributed by atoms with Crippen LogP contribution in [0, 0.1) is 5.92 Å². The van der Waals surface area contributed by atoms with Gasteiger partial charge in [0.15, 0.2) is 5.96 Å². The average Bonchev–Trinajstić information content (AvgIpc) is 2.52. The molecule has 1 aliphatic rings. The van der Waals surface area contributed by atoms with Crippen molar-refractivity contribution < 1.29 is 18.0 Å². The van der Waals surface area contributed by atoms with Crippen LogP contribution in [0.5, 0.6) is 0 Å². The summed E-state index contributed by atoms with van der Waals surface area (Å²) in [5.41, 5.74) is 0. The number of nitrogens with one attached hydrogen (secondary N) is 2. The van der Waals surface area contributed by atoms with Gasteiger partial charge < -0.3 is 15.5 Å². The van der Waals surface area contributed by atoms with Gasteiger partial charge in [0.05, 0.1) is 6.54 Å². The zero-order chi connectivity index (χ0) is 18.9. The van der Waals surface area contributed by atoms with Crippen LogP contribution in [0.15, 0.2) is 4.99 Å². The Hall–Kier alpha value is -0.780.